The Morgan fingerprint density at radius 1 is 1.20 bits per heavy atom. The zero-order chi connectivity index (χ0) is 18.2. The predicted octanol–water partition coefficient (Wildman–Crippen LogP) is 3.34. The smallest absolute Gasteiger partial charge is 0.321 e. The van der Waals surface area contributed by atoms with Crippen LogP contribution >= 0.6 is 0 Å². The molecule has 1 atom stereocenters. The van der Waals surface area contributed by atoms with Crippen LogP contribution in [0.3, 0.4) is 0 Å². The van der Waals surface area contributed by atoms with Crippen LogP contribution in [0.5, 0.6) is 0 Å². The lowest BCUT2D eigenvalue weighted by atomic mass is 10.1. The van der Waals surface area contributed by atoms with E-state index in [1.165, 1.54) is 4.90 Å². The van der Waals surface area contributed by atoms with Gasteiger partial charge in [0.1, 0.15) is 0 Å². The molecule has 2 N–H and O–H groups in total. The molecule has 0 bridgehead atoms. The molecule has 0 aliphatic heterocycles. The van der Waals surface area contributed by atoms with E-state index in [9.17, 15) is 9.90 Å². The summed E-state index contributed by atoms with van der Waals surface area (Å²) in [5.74, 6) is 0. The summed E-state index contributed by atoms with van der Waals surface area (Å²) < 4.78 is 5.51. The van der Waals surface area contributed by atoms with Gasteiger partial charge in [-0.25, -0.2) is 4.79 Å². The average molecular weight is 342 g/mol. The number of aliphatic hydroxyl groups is 1. The summed E-state index contributed by atoms with van der Waals surface area (Å²) in [5.41, 5.74) is 3.92. The van der Waals surface area contributed by atoms with Gasteiger partial charge in [-0.3, -0.25) is 0 Å². The molecule has 5 heteroatoms. The van der Waals surface area contributed by atoms with Gasteiger partial charge in [-0.1, -0.05) is 42.5 Å². The number of nitrogens with one attached hydrogen (secondary N) is 1. The molecule has 5 nitrogen and oxygen atoms in total. The molecule has 0 saturated carbocycles. The maximum absolute atomic E-state index is 12.3. The molecule has 0 spiro atoms. The molecule has 2 aromatic carbocycles. The average Bonchev–Trinajstić information content (AvgIpc) is 2.59. The van der Waals surface area contributed by atoms with Crippen LogP contribution in [0.2, 0.25) is 0 Å². The highest BCUT2D eigenvalue weighted by atomic mass is 16.5. The fraction of sp³-hybridized carbons (Fsp3) is 0.350. The lowest BCUT2D eigenvalue weighted by Gasteiger charge is -2.22. The predicted molar refractivity (Wildman–Crippen MR) is 99.7 cm³/mol. The summed E-state index contributed by atoms with van der Waals surface area (Å²) in [6.07, 6.45) is -0.738. The summed E-state index contributed by atoms with van der Waals surface area (Å²) in [6.45, 7) is 4.74. The number of anilines is 1. The maximum Gasteiger partial charge on any atom is 0.321 e. The molecule has 0 aliphatic rings. The van der Waals surface area contributed by atoms with Crippen molar-refractivity contribution in [1.29, 1.82) is 0 Å². The first-order valence-corrected chi connectivity index (χ1v) is 8.35. The van der Waals surface area contributed by atoms with Gasteiger partial charge in [0.05, 0.1) is 25.9 Å². The topological polar surface area (TPSA) is 61.8 Å². The van der Waals surface area contributed by atoms with Crippen molar-refractivity contribution in [3.63, 3.8) is 0 Å². The van der Waals surface area contributed by atoms with E-state index in [1.54, 1.807) is 7.05 Å². The molecule has 0 heterocycles. The largest absolute Gasteiger partial charge is 0.389 e. The van der Waals surface area contributed by atoms with Crippen LogP contribution in [0, 0.1) is 13.8 Å². The maximum atomic E-state index is 12.3. The molecule has 0 saturated heterocycles. The second-order valence-electron chi connectivity index (χ2n) is 6.28. The van der Waals surface area contributed by atoms with Gasteiger partial charge in [0.25, 0.3) is 0 Å². The number of carbonyl (C=O) groups excluding carboxylic acids is 1. The number of nitrogens with zero attached hydrogens (tertiary/aromatic N) is 1. The third-order valence-electron chi connectivity index (χ3n) is 3.89. The van der Waals surface area contributed by atoms with E-state index in [4.69, 9.17) is 4.74 Å². The van der Waals surface area contributed by atoms with Gasteiger partial charge < -0.3 is 20.1 Å². The number of aryl methyl sites for hydroxylation is 2. The molecule has 134 valence electrons. The van der Waals surface area contributed by atoms with E-state index in [2.05, 4.69) is 5.32 Å². The quantitative estimate of drug-likeness (QED) is 0.811. The Hall–Kier alpha value is -2.37. The molecule has 0 aromatic heterocycles. The molecule has 0 aliphatic carbocycles. The lowest BCUT2D eigenvalue weighted by Crippen LogP contribution is -2.39. The second kappa shape index (κ2) is 9.20. The SMILES string of the molecule is Cc1ccc(C)c(NC(=O)N(C)CC(O)COCc2ccccc2)c1. The van der Waals surface area contributed by atoms with E-state index in [0.717, 1.165) is 22.4 Å². The number of ether oxygens (including phenoxy) is 1. The zero-order valence-corrected chi connectivity index (χ0v) is 15.0. The Morgan fingerprint density at radius 2 is 1.92 bits per heavy atom. The Kier molecular flexibility index (Phi) is 6.98. The molecule has 0 radical (unpaired) electrons. The molecule has 25 heavy (non-hydrogen) atoms. The third-order valence-corrected chi connectivity index (χ3v) is 3.89. The fourth-order valence-corrected chi connectivity index (χ4v) is 2.42. The van der Waals surface area contributed by atoms with Gasteiger partial charge in [-0.05, 0) is 36.6 Å². The van der Waals surface area contributed by atoms with Gasteiger partial charge >= 0.3 is 6.03 Å². The number of hydrogen-bond acceptors (Lipinski definition) is 3. The highest BCUT2D eigenvalue weighted by molar-refractivity contribution is 5.90. The number of aliphatic hydroxyl groups excluding tert-OH is 1. The highest BCUT2D eigenvalue weighted by Crippen LogP contribution is 2.16. The Labute approximate surface area is 149 Å². The number of benzene rings is 2. The Morgan fingerprint density at radius 3 is 2.64 bits per heavy atom. The standard InChI is InChI=1S/C20H26N2O3/c1-15-9-10-16(2)19(11-15)21-20(24)22(3)12-18(23)14-25-13-17-7-5-4-6-8-17/h4-11,18,23H,12-14H2,1-3H3,(H,21,24). The minimum Gasteiger partial charge on any atom is -0.389 e. The molecular formula is C20H26N2O3. The van der Waals surface area contributed by atoms with Crippen LogP contribution in [0.4, 0.5) is 10.5 Å². The van der Waals surface area contributed by atoms with Gasteiger partial charge in [-0.15, -0.1) is 0 Å². The monoisotopic (exact) mass is 342 g/mol. The molecule has 2 aromatic rings. The van der Waals surface area contributed by atoms with Gasteiger partial charge in [0.15, 0.2) is 0 Å². The van der Waals surface area contributed by atoms with Crippen LogP contribution in [0.15, 0.2) is 48.5 Å². The van der Waals surface area contributed by atoms with E-state index < -0.39 is 6.10 Å². The molecule has 2 rings (SSSR count). The first-order valence-electron chi connectivity index (χ1n) is 8.35. The normalized spacial score (nSPS) is 11.8. The van der Waals surface area contributed by atoms with E-state index in [-0.39, 0.29) is 19.2 Å². The van der Waals surface area contributed by atoms with Crippen LogP contribution < -0.4 is 5.32 Å². The molecule has 2 amide bonds. The van der Waals surface area contributed by atoms with Crippen molar-refractivity contribution in [3.8, 4) is 0 Å². The van der Waals surface area contributed by atoms with Crippen LogP contribution in [-0.4, -0.2) is 42.3 Å². The van der Waals surface area contributed by atoms with E-state index in [0.29, 0.717) is 6.61 Å². The molecule has 0 fully saturated rings. The number of urea groups is 1. The van der Waals surface area contributed by atoms with Gasteiger partial charge in [-0.2, -0.15) is 0 Å². The van der Waals surface area contributed by atoms with Crippen LogP contribution in [0.25, 0.3) is 0 Å². The van der Waals surface area contributed by atoms with E-state index >= 15 is 0 Å². The third kappa shape index (κ3) is 6.21. The first-order chi connectivity index (χ1) is 12.0. The lowest BCUT2D eigenvalue weighted by molar-refractivity contribution is 0.0188. The summed E-state index contributed by atoms with van der Waals surface area (Å²) >= 11 is 0. The van der Waals surface area contributed by atoms with Gasteiger partial charge in [0, 0.05) is 12.7 Å². The number of carbonyl (C=O) groups is 1. The summed E-state index contributed by atoms with van der Waals surface area (Å²) in [5, 5.41) is 12.9. The van der Waals surface area contributed by atoms with Crippen molar-refractivity contribution in [3.05, 3.63) is 65.2 Å². The number of amides is 2. The summed E-state index contributed by atoms with van der Waals surface area (Å²) in [4.78, 5) is 13.7. The highest BCUT2D eigenvalue weighted by Gasteiger charge is 2.15. The zero-order valence-electron chi connectivity index (χ0n) is 15.0. The minimum absolute atomic E-state index is 0.177. The van der Waals surface area contributed by atoms with Crippen molar-refractivity contribution < 1.29 is 14.6 Å². The molecular weight excluding hydrogens is 316 g/mol. The van der Waals surface area contributed by atoms with Crippen molar-refractivity contribution in [2.24, 2.45) is 0 Å². The molecule has 1 unspecified atom stereocenters. The van der Waals surface area contributed by atoms with E-state index in [1.807, 2.05) is 62.4 Å². The Balaban J connectivity index is 1.76. The first kappa shape index (κ1) is 19.0. The summed E-state index contributed by atoms with van der Waals surface area (Å²) in [6, 6.07) is 15.4. The van der Waals surface area contributed by atoms with Crippen molar-refractivity contribution in [2.75, 3.05) is 25.5 Å². The van der Waals surface area contributed by atoms with Crippen LogP contribution in [0.1, 0.15) is 16.7 Å². The fourth-order valence-electron chi connectivity index (χ4n) is 2.42. The number of likely N-dealkylation sites (N-methyl/N-ethyl adjacent to an activating group) is 1. The van der Waals surface area contributed by atoms with Gasteiger partial charge in [0.2, 0.25) is 0 Å². The number of rotatable bonds is 7. The second-order valence-corrected chi connectivity index (χ2v) is 6.28. The minimum atomic E-state index is -0.738. The number of hydrogen-bond donors (Lipinski definition) is 2. The van der Waals surface area contributed by atoms with Crippen molar-refractivity contribution in [1.82, 2.24) is 4.90 Å². The van der Waals surface area contributed by atoms with Crippen molar-refractivity contribution in [2.45, 2.75) is 26.6 Å². The van der Waals surface area contributed by atoms with Crippen LogP contribution in [-0.2, 0) is 11.3 Å². The Bertz CT molecular complexity index is 689. The summed E-state index contributed by atoms with van der Waals surface area (Å²) in [7, 11) is 1.65. The van der Waals surface area contributed by atoms with Crippen molar-refractivity contribution >= 4 is 11.7 Å².